The lowest BCUT2D eigenvalue weighted by atomic mass is 9.85. The molecule has 1 heterocycles. The minimum atomic E-state index is -0.261. The number of hydrogen-bond acceptors (Lipinski definition) is 5. The summed E-state index contributed by atoms with van der Waals surface area (Å²) in [5, 5.41) is 5.36. The molecule has 6 nitrogen and oxygen atoms in total. The molecule has 174 valence electrons. The van der Waals surface area contributed by atoms with Crippen molar-refractivity contribution in [1.29, 1.82) is 0 Å². The van der Waals surface area contributed by atoms with Gasteiger partial charge in [0.15, 0.2) is 11.5 Å². The number of allylic oxidation sites excluding steroid dienone is 3. The van der Waals surface area contributed by atoms with Crippen LogP contribution in [0.1, 0.15) is 28.7 Å². The van der Waals surface area contributed by atoms with E-state index in [1.807, 2.05) is 31.2 Å². The average Bonchev–Trinajstić information content (AvgIpc) is 3.51. The van der Waals surface area contributed by atoms with Crippen LogP contribution in [0.2, 0.25) is 0 Å². The number of methoxy groups -OCH3 is 1. The Kier molecular flexibility index (Phi) is 5.82. The molecule has 6 heteroatoms. The van der Waals surface area contributed by atoms with Crippen LogP contribution in [0.25, 0.3) is 0 Å². The van der Waals surface area contributed by atoms with Gasteiger partial charge in [-0.1, -0.05) is 48.1 Å². The Morgan fingerprint density at radius 2 is 1.85 bits per heavy atom. The van der Waals surface area contributed by atoms with Crippen molar-refractivity contribution in [1.82, 2.24) is 5.01 Å². The molecule has 0 N–H and O–H groups in total. The number of carbonyl (C=O) groups excluding carboxylic acids is 2. The number of carbonyl (C=O) groups is 2. The van der Waals surface area contributed by atoms with Crippen LogP contribution in [0, 0.1) is 30.6 Å². The second-order valence-electron chi connectivity index (χ2n) is 9.21. The Morgan fingerprint density at radius 3 is 2.50 bits per heavy atom. The molecule has 2 aliphatic carbocycles. The molecule has 4 unspecified atom stereocenters. The largest absolute Gasteiger partial charge is 0.493 e. The van der Waals surface area contributed by atoms with Crippen molar-refractivity contribution in [2.24, 2.45) is 28.8 Å². The van der Waals surface area contributed by atoms with Crippen LogP contribution < -0.4 is 9.47 Å². The van der Waals surface area contributed by atoms with Crippen molar-refractivity contribution in [2.45, 2.75) is 26.4 Å². The zero-order valence-corrected chi connectivity index (χ0v) is 19.4. The number of aryl methyl sites for hydroxylation is 1. The monoisotopic (exact) mass is 456 g/mol. The van der Waals surface area contributed by atoms with Gasteiger partial charge in [-0.05, 0) is 54.9 Å². The van der Waals surface area contributed by atoms with Gasteiger partial charge in [-0.25, -0.2) is 0 Å². The Balaban J connectivity index is 1.38. The predicted octanol–water partition coefficient (Wildman–Crippen LogP) is 4.45. The van der Waals surface area contributed by atoms with E-state index in [9.17, 15) is 9.59 Å². The summed E-state index contributed by atoms with van der Waals surface area (Å²) in [6.07, 6.45) is 8.97. The molecule has 0 aromatic heterocycles. The second-order valence-corrected chi connectivity index (χ2v) is 9.21. The minimum absolute atomic E-state index is 0.163. The van der Waals surface area contributed by atoms with Gasteiger partial charge in [0.2, 0.25) is 0 Å². The smallest absolute Gasteiger partial charge is 0.254 e. The summed E-state index contributed by atoms with van der Waals surface area (Å²) >= 11 is 0. The maximum absolute atomic E-state index is 12.9. The molecule has 1 saturated carbocycles. The second kappa shape index (κ2) is 8.93. The van der Waals surface area contributed by atoms with E-state index in [1.165, 1.54) is 5.56 Å². The van der Waals surface area contributed by atoms with Gasteiger partial charge in [0.25, 0.3) is 11.8 Å². The standard InChI is InChI=1S/C28H28N2O4/c1-4-6-22-12-19(13-23(33-3)26(22)34-16-18-8-5-7-17(2)11-18)15-29-30-27(31)24-20-9-10-21(14-20)25(24)28(30)32/h4-5,7-13,15,20-21,24-25H,1,6,14,16H2,2-3H3. The van der Waals surface area contributed by atoms with Crippen LogP contribution in [-0.4, -0.2) is 30.1 Å². The van der Waals surface area contributed by atoms with E-state index in [0.29, 0.717) is 24.5 Å². The topological polar surface area (TPSA) is 68.2 Å². The van der Waals surface area contributed by atoms with Gasteiger partial charge in [-0.2, -0.15) is 10.1 Å². The maximum atomic E-state index is 12.9. The molecule has 1 saturated heterocycles. The number of hydrazone groups is 1. The summed E-state index contributed by atoms with van der Waals surface area (Å²) in [5.74, 6) is 0.620. The maximum Gasteiger partial charge on any atom is 0.254 e. The summed E-state index contributed by atoms with van der Waals surface area (Å²) < 4.78 is 11.8. The van der Waals surface area contributed by atoms with Gasteiger partial charge < -0.3 is 9.47 Å². The number of rotatable bonds is 8. The van der Waals surface area contributed by atoms with Crippen molar-refractivity contribution < 1.29 is 19.1 Å². The molecule has 2 aromatic carbocycles. The average molecular weight is 457 g/mol. The Labute approximate surface area is 199 Å². The highest BCUT2D eigenvalue weighted by molar-refractivity contribution is 6.06. The highest BCUT2D eigenvalue weighted by Gasteiger charge is 2.59. The lowest BCUT2D eigenvalue weighted by Crippen LogP contribution is -2.28. The first-order valence-corrected chi connectivity index (χ1v) is 11.6. The number of imide groups is 1. The van der Waals surface area contributed by atoms with Crippen molar-refractivity contribution in [3.8, 4) is 11.5 Å². The first kappa shape index (κ1) is 22.1. The van der Waals surface area contributed by atoms with Gasteiger partial charge in [0.05, 0.1) is 25.2 Å². The van der Waals surface area contributed by atoms with Crippen molar-refractivity contribution in [3.05, 3.63) is 83.5 Å². The van der Waals surface area contributed by atoms with Gasteiger partial charge in [-0.3, -0.25) is 9.59 Å². The highest BCUT2D eigenvalue weighted by Crippen LogP contribution is 2.52. The van der Waals surface area contributed by atoms with E-state index in [2.05, 4.69) is 29.9 Å². The molecule has 5 rings (SSSR count). The van der Waals surface area contributed by atoms with E-state index in [0.717, 1.165) is 28.1 Å². The minimum Gasteiger partial charge on any atom is -0.493 e. The predicted molar refractivity (Wildman–Crippen MR) is 130 cm³/mol. The number of amides is 2. The number of ether oxygens (including phenoxy) is 2. The van der Waals surface area contributed by atoms with Crippen LogP contribution in [0.3, 0.4) is 0 Å². The van der Waals surface area contributed by atoms with Gasteiger partial charge in [-0.15, -0.1) is 6.58 Å². The SMILES string of the molecule is C=CCc1cc(C=NN2C(=O)C3C4C=CC(C4)C3C2=O)cc(OC)c1OCc1cccc(C)c1. The summed E-state index contributed by atoms with van der Waals surface area (Å²) in [7, 11) is 1.59. The number of fused-ring (bicyclic) bond motifs is 5. The van der Waals surface area contributed by atoms with Crippen molar-refractivity contribution >= 4 is 18.0 Å². The Bertz CT molecular complexity index is 1180. The Morgan fingerprint density at radius 1 is 1.12 bits per heavy atom. The third-order valence-electron chi connectivity index (χ3n) is 6.97. The highest BCUT2D eigenvalue weighted by atomic mass is 16.5. The Hall–Kier alpha value is -3.67. The number of hydrogen-bond donors (Lipinski definition) is 0. The third-order valence-corrected chi connectivity index (χ3v) is 6.97. The fraction of sp³-hybridized carbons (Fsp3) is 0.321. The third kappa shape index (κ3) is 3.83. The number of nitrogens with zero attached hydrogens (tertiary/aromatic N) is 2. The molecule has 34 heavy (non-hydrogen) atoms. The molecule has 2 fully saturated rings. The van der Waals surface area contributed by atoms with Crippen LogP contribution in [-0.2, 0) is 22.6 Å². The molecule has 1 aliphatic heterocycles. The molecule has 3 aliphatic rings. The summed E-state index contributed by atoms with van der Waals surface area (Å²) in [6, 6.07) is 11.9. The quantitative estimate of drug-likeness (QED) is 0.334. The molecule has 2 amide bonds. The molecule has 0 radical (unpaired) electrons. The van der Waals surface area contributed by atoms with Gasteiger partial charge >= 0.3 is 0 Å². The van der Waals surface area contributed by atoms with E-state index in [4.69, 9.17) is 9.47 Å². The molecular weight excluding hydrogens is 428 g/mol. The first-order valence-electron chi connectivity index (χ1n) is 11.6. The first-order chi connectivity index (χ1) is 16.5. The zero-order chi connectivity index (χ0) is 23.8. The summed E-state index contributed by atoms with van der Waals surface area (Å²) in [6.45, 7) is 6.32. The van der Waals surface area contributed by atoms with E-state index < -0.39 is 0 Å². The van der Waals surface area contributed by atoms with Crippen LogP contribution >= 0.6 is 0 Å². The van der Waals surface area contributed by atoms with Gasteiger partial charge in [0.1, 0.15) is 6.61 Å². The van der Waals surface area contributed by atoms with Gasteiger partial charge in [0, 0.05) is 5.56 Å². The normalized spacial score (nSPS) is 24.8. The van der Waals surface area contributed by atoms with E-state index in [-0.39, 0.29) is 35.5 Å². The molecule has 2 aromatic rings. The van der Waals surface area contributed by atoms with Crippen LogP contribution in [0.5, 0.6) is 11.5 Å². The van der Waals surface area contributed by atoms with Crippen LogP contribution in [0.4, 0.5) is 0 Å². The summed E-state index contributed by atoms with van der Waals surface area (Å²) in [5.41, 5.74) is 3.85. The molecule has 0 spiro atoms. The van der Waals surface area contributed by atoms with Crippen LogP contribution in [0.15, 0.2) is 66.3 Å². The van der Waals surface area contributed by atoms with E-state index >= 15 is 0 Å². The molecule has 4 atom stereocenters. The fourth-order valence-corrected chi connectivity index (χ4v) is 5.46. The van der Waals surface area contributed by atoms with E-state index in [1.54, 1.807) is 25.5 Å². The lowest BCUT2D eigenvalue weighted by molar-refractivity contribution is -0.140. The lowest BCUT2D eigenvalue weighted by Gasteiger charge is -2.16. The van der Waals surface area contributed by atoms with Crippen molar-refractivity contribution in [2.75, 3.05) is 7.11 Å². The fourth-order valence-electron chi connectivity index (χ4n) is 5.46. The summed E-state index contributed by atoms with van der Waals surface area (Å²) in [4.78, 5) is 25.8. The number of benzene rings is 2. The zero-order valence-electron chi connectivity index (χ0n) is 19.4. The molecule has 2 bridgehead atoms. The molecular formula is C28H28N2O4. The van der Waals surface area contributed by atoms with Crippen molar-refractivity contribution in [3.63, 3.8) is 0 Å².